The van der Waals surface area contributed by atoms with E-state index < -0.39 is 5.91 Å². The lowest BCUT2D eigenvalue weighted by molar-refractivity contribution is 0.100. The lowest BCUT2D eigenvalue weighted by Gasteiger charge is -2.04. The van der Waals surface area contributed by atoms with E-state index >= 15 is 0 Å². The monoisotopic (exact) mass is 295 g/mol. The van der Waals surface area contributed by atoms with Crippen LogP contribution in [-0.2, 0) is 0 Å². The maximum absolute atomic E-state index is 11.7. The minimum Gasteiger partial charge on any atom is -0.365 e. The molecular formula is C14H13N7O. The van der Waals surface area contributed by atoms with Gasteiger partial charge in [0.15, 0.2) is 5.82 Å². The summed E-state index contributed by atoms with van der Waals surface area (Å²) in [6, 6.07) is 7.26. The second-order valence-electron chi connectivity index (χ2n) is 4.41. The maximum atomic E-state index is 11.7. The zero-order chi connectivity index (χ0) is 15.4. The summed E-state index contributed by atoms with van der Waals surface area (Å²) in [5.41, 5.74) is 7.11. The van der Waals surface area contributed by atoms with Crippen molar-refractivity contribution in [3.05, 3.63) is 54.1 Å². The van der Waals surface area contributed by atoms with Crippen molar-refractivity contribution < 1.29 is 4.79 Å². The molecule has 8 nitrogen and oxygen atoms in total. The second kappa shape index (κ2) is 5.92. The number of hydrogen-bond acceptors (Lipinski definition) is 5. The molecular weight excluding hydrogens is 282 g/mol. The molecule has 110 valence electrons. The van der Waals surface area contributed by atoms with Crippen LogP contribution in [0.2, 0.25) is 0 Å². The highest BCUT2D eigenvalue weighted by atomic mass is 16.1. The van der Waals surface area contributed by atoms with Crippen molar-refractivity contribution in [3.63, 3.8) is 0 Å². The van der Waals surface area contributed by atoms with Crippen LogP contribution in [0.15, 0.2) is 47.8 Å². The Kier molecular flexibility index (Phi) is 3.65. The molecule has 0 atom stereocenters. The first-order chi connectivity index (χ1) is 10.7. The number of aromatic amines is 2. The van der Waals surface area contributed by atoms with Gasteiger partial charge in [0, 0.05) is 12.4 Å². The van der Waals surface area contributed by atoms with Crippen LogP contribution in [0.5, 0.6) is 0 Å². The third-order valence-corrected chi connectivity index (χ3v) is 2.87. The maximum Gasteiger partial charge on any atom is 0.256 e. The number of anilines is 2. The molecule has 3 rings (SSSR count). The van der Waals surface area contributed by atoms with Gasteiger partial charge < -0.3 is 16.0 Å². The van der Waals surface area contributed by atoms with E-state index in [2.05, 4.69) is 30.5 Å². The number of H-pyrrole nitrogens is 2. The van der Waals surface area contributed by atoms with Crippen LogP contribution >= 0.6 is 0 Å². The first kappa shape index (κ1) is 13.6. The first-order valence-electron chi connectivity index (χ1n) is 6.46. The Morgan fingerprint density at radius 3 is 2.95 bits per heavy atom. The number of carbonyl (C=O) groups excluding carboxylic acids is 1. The molecule has 0 aliphatic carbocycles. The summed E-state index contributed by atoms with van der Waals surface area (Å²) >= 11 is 0. The molecule has 0 aliphatic heterocycles. The normalized spacial score (nSPS) is 10.9. The molecule has 0 saturated heterocycles. The molecule has 3 aromatic heterocycles. The van der Waals surface area contributed by atoms with Crippen molar-refractivity contribution in [3.8, 4) is 0 Å². The van der Waals surface area contributed by atoms with Crippen molar-refractivity contribution in [1.29, 1.82) is 0 Å². The SMILES string of the molecule is NC(=O)c1c(N=Cc2ccc[nH]2)n[nH]c1Nc1cccnc1. The summed E-state index contributed by atoms with van der Waals surface area (Å²) in [5, 5.41) is 9.74. The van der Waals surface area contributed by atoms with Crippen LogP contribution in [0, 0.1) is 0 Å². The number of carbonyl (C=O) groups is 1. The van der Waals surface area contributed by atoms with Crippen LogP contribution < -0.4 is 11.1 Å². The predicted molar refractivity (Wildman–Crippen MR) is 82.7 cm³/mol. The largest absolute Gasteiger partial charge is 0.365 e. The molecule has 0 saturated carbocycles. The lowest BCUT2D eigenvalue weighted by atomic mass is 10.2. The highest BCUT2D eigenvalue weighted by Gasteiger charge is 2.18. The summed E-state index contributed by atoms with van der Waals surface area (Å²) in [6.07, 6.45) is 6.61. The van der Waals surface area contributed by atoms with Crippen molar-refractivity contribution in [2.24, 2.45) is 10.7 Å². The number of aliphatic imine (C=N–C) groups is 1. The number of nitrogens with zero attached hydrogens (tertiary/aromatic N) is 3. The van der Waals surface area contributed by atoms with E-state index in [0.29, 0.717) is 11.5 Å². The van der Waals surface area contributed by atoms with Crippen molar-refractivity contribution in [1.82, 2.24) is 20.2 Å². The summed E-state index contributed by atoms with van der Waals surface area (Å²) in [6.45, 7) is 0. The van der Waals surface area contributed by atoms with E-state index in [1.54, 1.807) is 36.9 Å². The number of amides is 1. The predicted octanol–water partition coefficient (Wildman–Crippen LogP) is 1.73. The number of hydrogen-bond donors (Lipinski definition) is 4. The third-order valence-electron chi connectivity index (χ3n) is 2.87. The molecule has 1 amide bonds. The molecule has 0 radical (unpaired) electrons. The van der Waals surface area contributed by atoms with Crippen LogP contribution in [0.3, 0.4) is 0 Å². The summed E-state index contributed by atoms with van der Waals surface area (Å²) in [5.74, 6) is -0.0357. The number of nitrogens with two attached hydrogens (primary N) is 1. The van der Waals surface area contributed by atoms with Crippen molar-refractivity contribution in [2.45, 2.75) is 0 Å². The number of primary amides is 1. The average molecular weight is 295 g/mol. The average Bonchev–Trinajstić information content (AvgIpc) is 3.15. The van der Waals surface area contributed by atoms with Crippen LogP contribution in [0.1, 0.15) is 16.1 Å². The molecule has 5 N–H and O–H groups in total. The van der Waals surface area contributed by atoms with E-state index in [-0.39, 0.29) is 11.4 Å². The number of nitrogens with one attached hydrogen (secondary N) is 3. The van der Waals surface area contributed by atoms with Gasteiger partial charge in [0.25, 0.3) is 5.91 Å². The minimum absolute atomic E-state index is 0.187. The van der Waals surface area contributed by atoms with Crippen LogP contribution in [0.4, 0.5) is 17.3 Å². The molecule has 0 bridgehead atoms. The van der Waals surface area contributed by atoms with Crippen LogP contribution in [-0.4, -0.2) is 32.3 Å². The Morgan fingerprint density at radius 1 is 1.36 bits per heavy atom. The topological polar surface area (TPSA) is 125 Å². The minimum atomic E-state index is -0.626. The summed E-state index contributed by atoms with van der Waals surface area (Å²) < 4.78 is 0. The fourth-order valence-electron chi connectivity index (χ4n) is 1.89. The molecule has 0 fully saturated rings. The standard InChI is InChI=1S/C14H13N7O/c15-12(22)11-13(18-8-9-3-2-6-17-9)20-21-14(11)19-10-4-1-5-16-7-10/h1-8,17H,(H2,15,22)(H2,19,20,21). The van der Waals surface area contributed by atoms with E-state index in [9.17, 15) is 4.79 Å². The smallest absolute Gasteiger partial charge is 0.256 e. The molecule has 8 heteroatoms. The number of pyridine rings is 1. The zero-order valence-corrected chi connectivity index (χ0v) is 11.4. The van der Waals surface area contributed by atoms with E-state index in [4.69, 9.17) is 5.73 Å². The lowest BCUT2D eigenvalue weighted by Crippen LogP contribution is -2.12. The van der Waals surface area contributed by atoms with Gasteiger partial charge in [0.2, 0.25) is 0 Å². The highest BCUT2D eigenvalue weighted by molar-refractivity contribution is 6.03. The first-order valence-corrected chi connectivity index (χ1v) is 6.46. The second-order valence-corrected chi connectivity index (χ2v) is 4.41. The van der Waals surface area contributed by atoms with Gasteiger partial charge in [-0.2, -0.15) is 5.10 Å². The van der Waals surface area contributed by atoms with E-state index in [0.717, 1.165) is 5.69 Å². The molecule has 0 spiro atoms. The molecule has 3 aromatic rings. The van der Waals surface area contributed by atoms with E-state index in [1.807, 2.05) is 12.1 Å². The van der Waals surface area contributed by atoms with Gasteiger partial charge in [-0.25, -0.2) is 4.99 Å². The van der Waals surface area contributed by atoms with Gasteiger partial charge >= 0.3 is 0 Å². The van der Waals surface area contributed by atoms with Gasteiger partial charge in [-0.3, -0.25) is 14.9 Å². The third kappa shape index (κ3) is 2.85. The molecule has 0 unspecified atom stereocenters. The fraction of sp³-hybridized carbons (Fsp3) is 0. The summed E-state index contributed by atoms with van der Waals surface area (Å²) in [7, 11) is 0. The van der Waals surface area contributed by atoms with Crippen molar-refractivity contribution in [2.75, 3.05) is 5.32 Å². The Morgan fingerprint density at radius 2 is 2.27 bits per heavy atom. The van der Waals surface area contributed by atoms with Crippen LogP contribution in [0.25, 0.3) is 0 Å². The zero-order valence-electron chi connectivity index (χ0n) is 11.4. The van der Waals surface area contributed by atoms with Gasteiger partial charge in [0.05, 0.1) is 23.8 Å². The molecule has 0 aliphatic rings. The molecule has 3 heterocycles. The van der Waals surface area contributed by atoms with Crippen molar-refractivity contribution >= 4 is 29.4 Å². The fourth-order valence-corrected chi connectivity index (χ4v) is 1.89. The molecule has 22 heavy (non-hydrogen) atoms. The van der Waals surface area contributed by atoms with Gasteiger partial charge in [0.1, 0.15) is 11.4 Å². The Hall–Kier alpha value is -3.42. The van der Waals surface area contributed by atoms with Gasteiger partial charge in [-0.05, 0) is 24.3 Å². The Labute approximate surface area is 125 Å². The molecule has 0 aromatic carbocycles. The number of aromatic nitrogens is 4. The summed E-state index contributed by atoms with van der Waals surface area (Å²) in [4.78, 5) is 22.8. The quantitative estimate of drug-likeness (QED) is 0.535. The Balaban J connectivity index is 1.90. The van der Waals surface area contributed by atoms with Gasteiger partial charge in [-0.1, -0.05) is 0 Å². The highest BCUT2D eigenvalue weighted by Crippen LogP contribution is 2.25. The van der Waals surface area contributed by atoms with E-state index in [1.165, 1.54) is 0 Å². The Bertz CT molecular complexity index is 790. The number of rotatable bonds is 5. The van der Waals surface area contributed by atoms with Gasteiger partial charge in [-0.15, -0.1) is 0 Å².